The van der Waals surface area contributed by atoms with Crippen molar-refractivity contribution in [2.75, 3.05) is 26.2 Å². The van der Waals surface area contributed by atoms with E-state index in [1.54, 1.807) is 0 Å². The van der Waals surface area contributed by atoms with Crippen LogP contribution in [0.4, 0.5) is 0 Å². The summed E-state index contributed by atoms with van der Waals surface area (Å²) in [5, 5.41) is 33.7. The molecule has 28 heteroatoms. The zero-order valence-corrected chi connectivity index (χ0v) is 67.4. The van der Waals surface area contributed by atoms with E-state index in [1.807, 2.05) is 121 Å². The molecular formula is C87H130N16O12. The lowest BCUT2D eigenvalue weighted by molar-refractivity contribution is -0.131. The van der Waals surface area contributed by atoms with Crippen LogP contribution in [-0.4, -0.2) is 164 Å². The Hall–Kier alpha value is -9.64. The Kier molecular flexibility index (Phi) is 41.3. The number of unbranched alkanes of at least 4 members (excludes halogenated alkanes) is 4. The second-order valence-corrected chi connectivity index (χ2v) is 31.8. The first-order valence-corrected chi connectivity index (χ1v) is 42.1. The summed E-state index contributed by atoms with van der Waals surface area (Å²) >= 11 is 0. The zero-order valence-electron chi connectivity index (χ0n) is 67.4. The minimum atomic E-state index is -0.972. The van der Waals surface area contributed by atoms with E-state index in [0.29, 0.717) is 180 Å². The predicted octanol–water partition coefficient (Wildman–Crippen LogP) is 4.44. The Bertz CT molecular complexity index is 3680. The molecule has 7 rings (SSSR count). The Labute approximate surface area is 678 Å². The number of nitrogens with two attached hydrogens (primary N) is 5. The molecule has 0 heterocycles. The van der Waals surface area contributed by atoms with Gasteiger partial charge in [0.25, 0.3) is 0 Å². The molecule has 3 fully saturated rings. The lowest BCUT2D eigenvalue weighted by atomic mass is 9.97. The van der Waals surface area contributed by atoms with Gasteiger partial charge in [-0.15, -0.1) is 0 Å². The van der Waals surface area contributed by atoms with Crippen molar-refractivity contribution in [1.82, 2.24) is 58.5 Å². The van der Waals surface area contributed by atoms with Crippen LogP contribution in [0.25, 0.3) is 0 Å². The lowest BCUT2D eigenvalue weighted by Crippen LogP contribution is -2.52. The average Bonchev–Trinajstić information content (AvgIpc) is 1.78. The highest BCUT2D eigenvalue weighted by Gasteiger charge is 2.40. The van der Waals surface area contributed by atoms with Gasteiger partial charge in [0, 0.05) is 112 Å². The maximum Gasteiger partial charge on any atom is 0.242 e. The molecule has 28 nitrogen and oxygen atoms in total. The molecule has 0 spiro atoms. The minimum Gasteiger partial charge on any atom is -0.370 e. The van der Waals surface area contributed by atoms with Crippen molar-refractivity contribution in [2.24, 2.45) is 46.4 Å². The smallest absolute Gasteiger partial charge is 0.242 e. The van der Waals surface area contributed by atoms with Gasteiger partial charge in [-0.1, -0.05) is 160 Å². The molecule has 3 aliphatic rings. The Balaban J connectivity index is 0.925. The van der Waals surface area contributed by atoms with Crippen molar-refractivity contribution in [3.63, 3.8) is 0 Å². The van der Waals surface area contributed by atoms with Gasteiger partial charge in [-0.25, -0.2) is 0 Å². The van der Waals surface area contributed by atoms with Crippen LogP contribution in [0.15, 0.2) is 121 Å². The topological polar surface area (TPSA) is 467 Å². The highest BCUT2D eigenvalue weighted by molar-refractivity contribution is 5.90. The average molecular weight is 1590 g/mol. The quantitative estimate of drug-likeness (QED) is 0.0272. The van der Waals surface area contributed by atoms with Crippen molar-refractivity contribution in [2.45, 2.75) is 279 Å². The fourth-order valence-electron chi connectivity index (χ4n) is 16.4. The molecule has 12 amide bonds. The van der Waals surface area contributed by atoms with Crippen LogP contribution in [0.3, 0.4) is 0 Å². The third-order valence-electron chi connectivity index (χ3n) is 22.1. The highest BCUT2D eigenvalue weighted by Crippen LogP contribution is 2.30. The molecule has 3 saturated carbocycles. The molecule has 14 atom stereocenters. The van der Waals surface area contributed by atoms with Crippen molar-refractivity contribution >= 4 is 70.9 Å². The number of rotatable bonds is 53. The van der Waals surface area contributed by atoms with Crippen LogP contribution < -0.4 is 87.2 Å². The third-order valence-corrected chi connectivity index (χ3v) is 22.1. The first kappa shape index (κ1) is 92.5. The second-order valence-electron chi connectivity index (χ2n) is 31.8. The summed E-state index contributed by atoms with van der Waals surface area (Å²) < 4.78 is 0. The van der Waals surface area contributed by atoms with Gasteiger partial charge in [0.1, 0.15) is 6.04 Å². The summed E-state index contributed by atoms with van der Waals surface area (Å²) in [7, 11) is 0. The summed E-state index contributed by atoms with van der Waals surface area (Å²) in [4.78, 5) is 166. The van der Waals surface area contributed by atoms with Gasteiger partial charge >= 0.3 is 0 Å². The number of amides is 12. The number of benzene rings is 4. The molecule has 0 saturated heterocycles. The van der Waals surface area contributed by atoms with Crippen molar-refractivity contribution in [1.29, 1.82) is 0 Å². The van der Waals surface area contributed by atoms with E-state index in [1.165, 1.54) is 6.92 Å². The maximum absolute atomic E-state index is 14.5. The fourth-order valence-corrected chi connectivity index (χ4v) is 16.4. The van der Waals surface area contributed by atoms with Gasteiger partial charge in [-0.3, -0.25) is 57.5 Å². The van der Waals surface area contributed by atoms with Crippen LogP contribution in [-0.2, 0) is 83.2 Å². The molecule has 0 aliphatic heterocycles. The summed E-state index contributed by atoms with van der Waals surface area (Å²) in [6, 6.07) is 31.0. The lowest BCUT2D eigenvalue weighted by Gasteiger charge is -2.28. The van der Waals surface area contributed by atoms with Gasteiger partial charge in [-0.05, 0) is 170 Å². The van der Waals surface area contributed by atoms with Crippen LogP contribution in [0, 0.1) is 17.8 Å². The SMILES string of the molecule is CC(=O)N[C@H](CC(=O)N[C@@H](CCCCN)CC(=O)N[C@H](CC(=O)N[C@H]1CCC[C@@H]1C(=O)N[C@@H](CCCCN)CC(=O)N[C@H]1CCC[C@@H]1C(=O)N[C@@H](CCCCN)CC(=O)N[C@H]1CCC[C@@H]1C(=O)N[C@H](CC(=O)N[C@@H](CCCCN)C(=O)N[C@H](CC(N)=O)Cc1ccccc1)Cc1ccccc1)Cc1ccccc1)Cc1ccccc1. The Morgan fingerprint density at radius 2 is 0.591 bits per heavy atom. The molecule has 0 bridgehead atoms. The van der Waals surface area contributed by atoms with Crippen molar-refractivity contribution in [3.05, 3.63) is 144 Å². The summed E-state index contributed by atoms with van der Waals surface area (Å²) in [6.45, 7) is 3.05. The molecule has 21 N–H and O–H groups in total. The normalized spacial score (nSPS) is 19.1. The van der Waals surface area contributed by atoms with Crippen LogP contribution in [0.2, 0.25) is 0 Å². The predicted molar refractivity (Wildman–Crippen MR) is 443 cm³/mol. The first-order chi connectivity index (χ1) is 55.6. The van der Waals surface area contributed by atoms with Gasteiger partial charge in [-0.2, -0.15) is 0 Å². The molecule has 630 valence electrons. The number of hydrogen-bond acceptors (Lipinski definition) is 16. The summed E-state index contributed by atoms with van der Waals surface area (Å²) in [5.74, 6) is -6.32. The van der Waals surface area contributed by atoms with Gasteiger partial charge < -0.3 is 87.2 Å². The van der Waals surface area contributed by atoms with E-state index in [0.717, 1.165) is 22.3 Å². The Morgan fingerprint density at radius 1 is 0.313 bits per heavy atom. The van der Waals surface area contributed by atoms with Crippen LogP contribution >= 0.6 is 0 Å². The van der Waals surface area contributed by atoms with E-state index in [-0.39, 0.29) is 105 Å². The van der Waals surface area contributed by atoms with Gasteiger partial charge in [0.2, 0.25) is 70.9 Å². The molecule has 3 aliphatic carbocycles. The molecule has 4 aromatic rings. The standard InChI is InChI=1S/C87H130N16O12/c1-58(104)93-67(48-60-27-8-3-9-28-60)55-79(107)94-63(33-14-18-43-88)52-78(106)95-68(49-61-29-10-4-11-30-61)56-82(110)102-74-41-23-37-71(74)85(113)97-64(34-15-19-44-89)53-80(108)100-73-40-22-36-70(73)84(112)96-65(35-16-20-45-90)54-81(109)101-75-42-24-38-72(75)86(114)98-69(50-62-31-12-5-13-32-62)57-83(111)103-76(39-17-21-46-91)87(115)99-66(51-77(92)105)47-59-25-6-2-7-26-59/h2-13,25-32,63-76H,14-24,33-57,88-91H2,1H3,(H2,92,105)(H,93,104)(H,94,107)(H,95,106)(H,96,112)(H,97,113)(H,98,114)(H,99,115)(H,100,108)(H,101,109)(H,102,110)(H,103,111)/t63-,64-,65-,66-,67-,68-,69-,70-,71-,72-,73-,74-,75-,76-/m0/s1. The summed E-state index contributed by atoms with van der Waals surface area (Å²) in [6.07, 6.45) is 12.5. The molecule has 115 heavy (non-hydrogen) atoms. The van der Waals surface area contributed by atoms with E-state index in [4.69, 9.17) is 28.7 Å². The Morgan fingerprint density at radius 3 is 0.939 bits per heavy atom. The molecule has 4 aromatic carbocycles. The summed E-state index contributed by atoms with van der Waals surface area (Å²) in [5.41, 5.74) is 32.7. The van der Waals surface area contributed by atoms with Gasteiger partial charge in [0.05, 0.1) is 17.8 Å². The van der Waals surface area contributed by atoms with Crippen molar-refractivity contribution < 1.29 is 57.5 Å². The first-order valence-electron chi connectivity index (χ1n) is 42.1. The van der Waals surface area contributed by atoms with E-state index < -0.39 is 102 Å². The van der Waals surface area contributed by atoms with Crippen LogP contribution in [0.1, 0.15) is 209 Å². The van der Waals surface area contributed by atoms with E-state index in [2.05, 4.69) is 58.5 Å². The molecular weight excluding hydrogens is 1460 g/mol. The number of carbonyl (C=O) groups excluding carboxylic acids is 12. The number of hydrogen-bond donors (Lipinski definition) is 16. The largest absolute Gasteiger partial charge is 0.370 e. The van der Waals surface area contributed by atoms with E-state index >= 15 is 0 Å². The van der Waals surface area contributed by atoms with Gasteiger partial charge in [0.15, 0.2) is 0 Å². The zero-order chi connectivity index (χ0) is 82.7. The number of nitrogens with one attached hydrogen (secondary N) is 11. The van der Waals surface area contributed by atoms with Crippen LogP contribution in [0.5, 0.6) is 0 Å². The minimum absolute atomic E-state index is 0.00321. The molecule has 0 aromatic heterocycles. The molecule has 0 unspecified atom stereocenters. The highest BCUT2D eigenvalue weighted by atomic mass is 16.2. The fraction of sp³-hybridized carbons (Fsp3) is 0.586. The molecule has 0 radical (unpaired) electrons. The maximum atomic E-state index is 14.5. The van der Waals surface area contributed by atoms with Crippen molar-refractivity contribution in [3.8, 4) is 0 Å². The number of primary amides is 1. The monoisotopic (exact) mass is 1590 g/mol. The van der Waals surface area contributed by atoms with E-state index in [9.17, 15) is 57.5 Å². The second kappa shape index (κ2) is 51.3. The number of carbonyl (C=O) groups is 12. The third kappa shape index (κ3) is 35.2.